The zero-order chi connectivity index (χ0) is 21.1. The second-order valence-electron chi connectivity index (χ2n) is 6.88. The second-order valence-corrected chi connectivity index (χ2v) is 9.74. The number of hydrogen-bond acceptors (Lipinski definition) is 4. The van der Waals surface area contributed by atoms with Crippen LogP contribution in [0.5, 0.6) is 0 Å². The molecule has 4 rings (SSSR count). The number of nitrogens with one attached hydrogen (secondary N) is 2. The van der Waals surface area contributed by atoms with Gasteiger partial charge in [-0.3, -0.25) is 9.52 Å². The van der Waals surface area contributed by atoms with E-state index in [0.29, 0.717) is 11.3 Å². The van der Waals surface area contributed by atoms with E-state index < -0.39 is 10.0 Å². The molecule has 1 aromatic heterocycles. The van der Waals surface area contributed by atoms with E-state index in [4.69, 9.17) is 0 Å². The van der Waals surface area contributed by atoms with Gasteiger partial charge >= 0.3 is 0 Å². The van der Waals surface area contributed by atoms with Crippen LogP contribution in [0.15, 0.2) is 88.5 Å². The van der Waals surface area contributed by atoms with Crippen molar-refractivity contribution in [1.29, 1.82) is 0 Å². The third kappa shape index (κ3) is 4.22. The molecule has 5 nitrogen and oxygen atoms in total. The summed E-state index contributed by atoms with van der Waals surface area (Å²) < 4.78 is 27.4. The number of thiophene rings is 1. The van der Waals surface area contributed by atoms with Crippen LogP contribution in [0.2, 0.25) is 0 Å². The van der Waals surface area contributed by atoms with Crippen molar-refractivity contribution >= 4 is 43.7 Å². The van der Waals surface area contributed by atoms with Gasteiger partial charge in [0.25, 0.3) is 15.9 Å². The van der Waals surface area contributed by atoms with Crippen LogP contribution < -0.4 is 10.0 Å². The molecule has 3 aromatic carbocycles. The first-order chi connectivity index (χ1) is 14.4. The molecule has 30 heavy (non-hydrogen) atoms. The van der Waals surface area contributed by atoms with E-state index in [2.05, 4.69) is 10.0 Å². The summed E-state index contributed by atoms with van der Waals surface area (Å²) in [5.74, 6) is -0.219. The smallest absolute Gasteiger partial charge is 0.271 e. The molecule has 0 aliphatic rings. The molecule has 152 valence electrons. The first kappa shape index (κ1) is 20.1. The van der Waals surface area contributed by atoms with Crippen LogP contribution in [0.3, 0.4) is 0 Å². The SMILES string of the molecule is CC(NC(=O)c1ccc(NS(=O)(=O)c2cccs2)cc1)c1cccc2ccccc12. The number of benzene rings is 3. The van der Waals surface area contributed by atoms with Gasteiger partial charge in [-0.25, -0.2) is 8.42 Å². The van der Waals surface area contributed by atoms with Crippen molar-refractivity contribution in [3.05, 3.63) is 95.4 Å². The van der Waals surface area contributed by atoms with Crippen LogP contribution in [-0.2, 0) is 10.0 Å². The minimum Gasteiger partial charge on any atom is -0.345 e. The minimum absolute atomic E-state index is 0.180. The van der Waals surface area contributed by atoms with Crippen molar-refractivity contribution in [1.82, 2.24) is 5.32 Å². The zero-order valence-electron chi connectivity index (χ0n) is 16.2. The quantitative estimate of drug-likeness (QED) is 0.437. The van der Waals surface area contributed by atoms with Gasteiger partial charge in [0, 0.05) is 11.3 Å². The van der Waals surface area contributed by atoms with Crippen molar-refractivity contribution in [3.8, 4) is 0 Å². The Bertz CT molecular complexity index is 1280. The van der Waals surface area contributed by atoms with Gasteiger partial charge in [0.2, 0.25) is 0 Å². The second kappa shape index (κ2) is 8.30. The molecule has 1 amide bonds. The van der Waals surface area contributed by atoms with Crippen LogP contribution >= 0.6 is 11.3 Å². The Morgan fingerprint density at radius 2 is 1.63 bits per heavy atom. The first-order valence-electron chi connectivity index (χ1n) is 9.39. The van der Waals surface area contributed by atoms with Crippen LogP contribution in [0.1, 0.15) is 28.9 Å². The number of carbonyl (C=O) groups excluding carboxylic acids is 1. The maximum absolute atomic E-state index is 12.7. The number of amides is 1. The largest absolute Gasteiger partial charge is 0.345 e. The fourth-order valence-corrected chi connectivity index (χ4v) is 5.35. The summed E-state index contributed by atoms with van der Waals surface area (Å²) >= 11 is 1.15. The van der Waals surface area contributed by atoms with Crippen LogP contribution in [0.25, 0.3) is 10.8 Å². The fourth-order valence-electron chi connectivity index (χ4n) is 3.30. The average molecular weight is 437 g/mol. The standard InChI is InChI=1S/C23H20N2O3S2/c1-16(20-9-4-7-17-6-2-3-8-21(17)20)24-23(26)18-11-13-19(14-12-18)25-30(27,28)22-10-5-15-29-22/h2-16,25H,1H3,(H,24,26). The van der Waals surface area contributed by atoms with E-state index >= 15 is 0 Å². The molecule has 0 aliphatic carbocycles. The van der Waals surface area contributed by atoms with E-state index in [1.165, 1.54) is 0 Å². The summed E-state index contributed by atoms with van der Waals surface area (Å²) in [6, 6.07) is 23.5. The highest BCUT2D eigenvalue weighted by atomic mass is 32.2. The summed E-state index contributed by atoms with van der Waals surface area (Å²) in [4.78, 5) is 12.7. The van der Waals surface area contributed by atoms with Gasteiger partial charge in [-0.15, -0.1) is 11.3 Å². The fraction of sp³-hybridized carbons (Fsp3) is 0.0870. The summed E-state index contributed by atoms with van der Waals surface area (Å²) in [6.07, 6.45) is 0. The molecular formula is C23H20N2O3S2. The molecule has 0 saturated carbocycles. The highest BCUT2D eigenvalue weighted by Crippen LogP contribution is 2.25. The lowest BCUT2D eigenvalue weighted by atomic mass is 9.99. The molecule has 1 unspecified atom stereocenters. The van der Waals surface area contributed by atoms with Crippen molar-refractivity contribution in [2.45, 2.75) is 17.2 Å². The number of carbonyl (C=O) groups is 1. The molecule has 0 fully saturated rings. The van der Waals surface area contributed by atoms with Gasteiger partial charge in [-0.2, -0.15) is 0 Å². The number of anilines is 1. The highest BCUT2D eigenvalue weighted by molar-refractivity contribution is 7.94. The predicted molar refractivity (Wildman–Crippen MR) is 121 cm³/mol. The molecule has 1 heterocycles. The average Bonchev–Trinajstić information content (AvgIpc) is 3.29. The Labute approximate surface area is 179 Å². The third-order valence-corrected chi connectivity index (χ3v) is 7.58. The normalized spacial score (nSPS) is 12.4. The topological polar surface area (TPSA) is 75.3 Å². The van der Waals surface area contributed by atoms with Crippen LogP contribution in [-0.4, -0.2) is 14.3 Å². The van der Waals surface area contributed by atoms with Gasteiger partial charge in [-0.05, 0) is 59.0 Å². The van der Waals surface area contributed by atoms with Gasteiger partial charge in [0.1, 0.15) is 4.21 Å². The Hall–Kier alpha value is -3.16. The third-order valence-electron chi connectivity index (χ3n) is 4.80. The lowest BCUT2D eigenvalue weighted by Crippen LogP contribution is -2.26. The summed E-state index contributed by atoms with van der Waals surface area (Å²) in [7, 11) is -3.61. The van der Waals surface area contributed by atoms with Crippen molar-refractivity contribution < 1.29 is 13.2 Å². The summed E-state index contributed by atoms with van der Waals surface area (Å²) in [5.41, 5.74) is 1.91. The van der Waals surface area contributed by atoms with Gasteiger partial charge < -0.3 is 5.32 Å². The summed E-state index contributed by atoms with van der Waals surface area (Å²) in [6.45, 7) is 1.95. The van der Waals surface area contributed by atoms with E-state index in [-0.39, 0.29) is 16.2 Å². The van der Waals surface area contributed by atoms with Gasteiger partial charge in [0.05, 0.1) is 6.04 Å². The Morgan fingerprint density at radius 3 is 2.37 bits per heavy atom. The molecule has 7 heteroatoms. The lowest BCUT2D eigenvalue weighted by Gasteiger charge is -2.17. The Morgan fingerprint density at radius 1 is 0.900 bits per heavy atom. The number of sulfonamides is 1. The number of fused-ring (bicyclic) bond motifs is 1. The lowest BCUT2D eigenvalue weighted by molar-refractivity contribution is 0.0940. The van der Waals surface area contributed by atoms with Gasteiger partial charge in [-0.1, -0.05) is 48.5 Å². The Balaban J connectivity index is 1.47. The maximum Gasteiger partial charge on any atom is 0.271 e. The highest BCUT2D eigenvalue weighted by Gasteiger charge is 2.16. The van der Waals surface area contributed by atoms with Crippen molar-refractivity contribution in [2.75, 3.05) is 4.72 Å². The van der Waals surface area contributed by atoms with E-state index in [1.807, 2.05) is 49.4 Å². The molecule has 0 spiro atoms. The molecule has 2 N–H and O–H groups in total. The molecule has 1 atom stereocenters. The summed E-state index contributed by atoms with van der Waals surface area (Å²) in [5, 5.41) is 6.95. The predicted octanol–water partition coefficient (Wildman–Crippen LogP) is 5.19. The van der Waals surface area contributed by atoms with E-state index in [0.717, 1.165) is 27.7 Å². The van der Waals surface area contributed by atoms with Crippen molar-refractivity contribution in [3.63, 3.8) is 0 Å². The van der Waals surface area contributed by atoms with Crippen LogP contribution in [0, 0.1) is 0 Å². The molecule has 4 aromatic rings. The monoisotopic (exact) mass is 436 g/mol. The molecule has 0 radical (unpaired) electrons. The zero-order valence-corrected chi connectivity index (χ0v) is 17.8. The first-order valence-corrected chi connectivity index (χ1v) is 11.8. The molecule has 0 bridgehead atoms. The maximum atomic E-state index is 12.7. The molecule has 0 saturated heterocycles. The number of rotatable bonds is 6. The number of hydrogen-bond donors (Lipinski definition) is 2. The van der Waals surface area contributed by atoms with E-state index in [9.17, 15) is 13.2 Å². The van der Waals surface area contributed by atoms with Crippen molar-refractivity contribution in [2.24, 2.45) is 0 Å². The van der Waals surface area contributed by atoms with Gasteiger partial charge in [0.15, 0.2) is 0 Å². The minimum atomic E-state index is -3.61. The van der Waals surface area contributed by atoms with Crippen LogP contribution in [0.4, 0.5) is 5.69 Å². The Kier molecular flexibility index (Phi) is 5.57. The molecular weight excluding hydrogens is 416 g/mol. The molecule has 0 aliphatic heterocycles. The van der Waals surface area contributed by atoms with E-state index in [1.54, 1.807) is 41.8 Å².